The van der Waals surface area contributed by atoms with E-state index in [0.717, 1.165) is 24.2 Å². The molecular formula is C15H14BrIN2OS. The molecule has 0 aliphatic carbocycles. The van der Waals surface area contributed by atoms with Gasteiger partial charge in [0.2, 0.25) is 5.91 Å². The Morgan fingerprint density at radius 1 is 1.33 bits per heavy atom. The number of hydrogen-bond donors (Lipinski definition) is 2. The molecule has 21 heavy (non-hydrogen) atoms. The van der Waals surface area contributed by atoms with Crippen molar-refractivity contribution in [2.45, 2.75) is 11.8 Å². The molecule has 2 aromatic carbocycles. The number of benzene rings is 2. The van der Waals surface area contributed by atoms with Gasteiger partial charge in [-0.3, -0.25) is 4.79 Å². The molecule has 0 atom stereocenters. The molecule has 0 saturated heterocycles. The van der Waals surface area contributed by atoms with E-state index >= 15 is 0 Å². The van der Waals surface area contributed by atoms with Crippen LogP contribution in [-0.4, -0.2) is 11.7 Å². The third-order valence-electron chi connectivity index (χ3n) is 2.78. The Labute approximate surface area is 150 Å². The number of thioether (sulfide) groups is 1. The molecule has 6 heteroatoms. The van der Waals surface area contributed by atoms with Crippen LogP contribution in [0, 0.1) is 10.5 Å². The highest BCUT2D eigenvalue weighted by Crippen LogP contribution is 2.29. The molecule has 0 unspecified atom stereocenters. The number of carbonyl (C=O) groups is 1. The van der Waals surface area contributed by atoms with E-state index in [1.807, 2.05) is 43.3 Å². The molecule has 0 saturated carbocycles. The second-order valence-corrected chi connectivity index (χ2v) is 7.60. The van der Waals surface area contributed by atoms with Crippen molar-refractivity contribution < 1.29 is 4.79 Å². The first-order chi connectivity index (χ1) is 9.95. The molecule has 2 aromatic rings. The first kappa shape index (κ1) is 16.6. The third kappa shape index (κ3) is 4.89. The van der Waals surface area contributed by atoms with Crippen LogP contribution >= 0.6 is 50.3 Å². The van der Waals surface area contributed by atoms with Crippen molar-refractivity contribution in [3.8, 4) is 0 Å². The van der Waals surface area contributed by atoms with Crippen LogP contribution in [0.3, 0.4) is 0 Å². The van der Waals surface area contributed by atoms with E-state index in [4.69, 9.17) is 5.73 Å². The van der Waals surface area contributed by atoms with Gasteiger partial charge in [0.15, 0.2) is 0 Å². The van der Waals surface area contributed by atoms with E-state index < -0.39 is 0 Å². The average Bonchev–Trinajstić information content (AvgIpc) is 2.41. The van der Waals surface area contributed by atoms with Crippen LogP contribution in [0.2, 0.25) is 0 Å². The van der Waals surface area contributed by atoms with Gasteiger partial charge in [-0.05, 0) is 87.4 Å². The van der Waals surface area contributed by atoms with Gasteiger partial charge in [-0.25, -0.2) is 0 Å². The summed E-state index contributed by atoms with van der Waals surface area (Å²) in [6.07, 6.45) is 0. The van der Waals surface area contributed by atoms with Gasteiger partial charge in [0.25, 0.3) is 0 Å². The normalized spacial score (nSPS) is 10.4. The summed E-state index contributed by atoms with van der Waals surface area (Å²) in [6, 6.07) is 11.5. The molecule has 3 nitrogen and oxygen atoms in total. The Hall–Kier alpha value is -0.730. The van der Waals surface area contributed by atoms with E-state index in [1.165, 1.54) is 11.8 Å². The second kappa shape index (κ2) is 7.51. The maximum absolute atomic E-state index is 12.0. The number of amides is 1. The van der Waals surface area contributed by atoms with Gasteiger partial charge in [-0.2, -0.15) is 0 Å². The average molecular weight is 477 g/mol. The molecule has 0 bridgehead atoms. The molecule has 0 heterocycles. The van der Waals surface area contributed by atoms with Crippen molar-refractivity contribution in [1.29, 1.82) is 0 Å². The predicted molar refractivity (Wildman–Crippen MR) is 102 cm³/mol. The fourth-order valence-corrected chi connectivity index (χ4v) is 3.84. The standard InChI is InChI=1S/C15H14BrIN2OS/c1-9-6-10(17)2-4-13(9)19-15(20)8-21-14-5-3-11(18)7-12(14)16/h2-7H,8,18H2,1H3,(H,19,20). The fraction of sp³-hybridized carbons (Fsp3) is 0.133. The van der Waals surface area contributed by atoms with Crippen molar-refractivity contribution in [3.05, 3.63) is 50.0 Å². The SMILES string of the molecule is Cc1cc(I)ccc1NC(=O)CSc1ccc(N)cc1Br. The van der Waals surface area contributed by atoms with E-state index in [2.05, 4.69) is 43.8 Å². The number of anilines is 2. The van der Waals surface area contributed by atoms with Gasteiger partial charge in [-0.1, -0.05) is 0 Å². The van der Waals surface area contributed by atoms with Crippen molar-refractivity contribution in [2.24, 2.45) is 0 Å². The van der Waals surface area contributed by atoms with Crippen LogP contribution < -0.4 is 11.1 Å². The molecule has 0 spiro atoms. The lowest BCUT2D eigenvalue weighted by atomic mass is 10.2. The molecule has 3 N–H and O–H groups in total. The number of rotatable bonds is 4. The summed E-state index contributed by atoms with van der Waals surface area (Å²) in [5, 5.41) is 2.94. The van der Waals surface area contributed by atoms with Gasteiger partial charge >= 0.3 is 0 Å². The maximum Gasteiger partial charge on any atom is 0.234 e. The van der Waals surface area contributed by atoms with Gasteiger partial charge in [-0.15, -0.1) is 11.8 Å². The maximum atomic E-state index is 12.0. The molecule has 0 radical (unpaired) electrons. The number of nitrogens with one attached hydrogen (secondary N) is 1. The Bertz CT molecular complexity index is 679. The first-order valence-electron chi connectivity index (χ1n) is 6.19. The molecule has 0 aromatic heterocycles. The van der Waals surface area contributed by atoms with Crippen LogP contribution in [0.5, 0.6) is 0 Å². The van der Waals surface area contributed by atoms with Crippen LogP contribution in [0.25, 0.3) is 0 Å². The highest BCUT2D eigenvalue weighted by Gasteiger charge is 2.08. The molecule has 0 fully saturated rings. The zero-order valence-corrected chi connectivity index (χ0v) is 15.9. The Morgan fingerprint density at radius 3 is 2.76 bits per heavy atom. The molecule has 2 rings (SSSR count). The number of hydrogen-bond acceptors (Lipinski definition) is 3. The van der Waals surface area contributed by atoms with Crippen LogP contribution in [-0.2, 0) is 4.79 Å². The minimum Gasteiger partial charge on any atom is -0.399 e. The lowest BCUT2D eigenvalue weighted by Crippen LogP contribution is -2.14. The van der Waals surface area contributed by atoms with E-state index in [1.54, 1.807) is 0 Å². The van der Waals surface area contributed by atoms with Crippen LogP contribution in [0.15, 0.2) is 45.8 Å². The number of nitrogen functional groups attached to an aromatic ring is 1. The summed E-state index contributed by atoms with van der Waals surface area (Å²) in [7, 11) is 0. The van der Waals surface area contributed by atoms with Crippen molar-refractivity contribution >= 4 is 67.6 Å². The first-order valence-corrected chi connectivity index (χ1v) is 9.05. The highest BCUT2D eigenvalue weighted by atomic mass is 127. The van der Waals surface area contributed by atoms with E-state index in [0.29, 0.717) is 11.4 Å². The molecule has 1 amide bonds. The number of aryl methyl sites for hydroxylation is 1. The highest BCUT2D eigenvalue weighted by molar-refractivity contribution is 14.1. The van der Waals surface area contributed by atoms with Gasteiger partial charge < -0.3 is 11.1 Å². The predicted octanol–water partition coefficient (Wildman–Crippen LogP) is 4.68. The van der Waals surface area contributed by atoms with Crippen molar-refractivity contribution in [2.75, 3.05) is 16.8 Å². The molecule has 0 aliphatic rings. The van der Waals surface area contributed by atoms with Crippen LogP contribution in [0.1, 0.15) is 5.56 Å². The van der Waals surface area contributed by atoms with Crippen molar-refractivity contribution in [1.82, 2.24) is 0 Å². The topological polar surface area (TPSA) is 55.1 Å². The quantitative estimate of drug-likeness (QED) is 0.383. The Kier molecular flexibility index (Phi) is 5.95. The lowest BCUT2D eigenvalue weighted by Gasteiger charge is -2.09. The largest absolute Gasteiger partial charge is 0.399 e. The monoisotopic (exact) mass is 476 g/mol. The summed E-state index contributed by atoms with van der Waals surface area (Å²) in [4.78, 5) is 13.0. The minimum atomic E-state index is -0.0203. The number of carbonyl (C=O) groups excluding carboxylic acids is 1. The third-order valence-corrected chi connectivity index (χ3v) is 5.44. The summed E-state index contributed by atoms with van der Waals surface area (Å²) in [6.45, 7) is 1.99. The summed E-state index contributed by atoms with van der Waals surface area (Å²) in [5.74, 6) is 0.335. The van der Waals surface area contributed by atoms with E-state index in [9.17, 15) is 4.79 Å². The van der Waals surface area contributed by atoms with Crippen molar-refractivity contribution in [3.63, 3.8) is 0 Å². The molecule has 0 aliphatic heterocycles. The summed E-state index contributed by atoms with van der Waals surface area (Å²) >= 11 is 7.18. The van der Waals surface area contributed by atoms with Gasteiger partial charge in [0.1, 0.15) is 0 Å². The Morgan fingerprint density at radius 2 is 2.10 bits per heavy atom. The smallest absolute Gasteiger partial charge is 0.234 e. The van der Waals surface area contributed by atoms with Gasteiger partial charge in [0.05, 0.1) is 5.75 Å². The summed E-state index contributed by atoms with van der Waals surface area (Å²) < 4.78 is 2.06. The molecule has 110 valence electrons. The second-order valence-electron chi connectivity index (χ2n) is 4.49. The molecular weight excluding hydrogens is 463 g/mol. The lowest BCUT2D eigenvalue weighted by molar-refractivity contribution is -0.113. The summed E-state index contributed by atoms with van der Waals surface area (Å²) in [5.41, 5.74) is 8.32. The zero-order valence-electron chi connectivity index (χ0n) is 11.3. The van der Waals surface area contributed by atoms with Gasteiger partial charge in [0, 0.05) is 24.3 Å². The zero-order chi connectivity index (χ0) is 15.4. The number of halogens is 2. The minimum absolute atomic E-state index is 0.0203. The van der Waals surface area contributed by atoms with E-state index in [-0.39, 0.29) is 5.91 Å². The fourth-order valence-electron chi connectivity index (χ4n) is 1.73. The number of nitrogens with two attached hydrogens (primary N) is 1. The Balaban J connectivity index is 1.96. The van der Waals surface area contributed by atoms with Crippen LogP contribution in [0.4, 0.5) is 11.4 Å².